The Bertz CT molecular complexity index is 521. The number of alkyl halides is 3. The number of benzene rings is 1. The minimum Gasteiger partial charge on any atom is -0.379 e. The van der Waals surface area contributed by atoms with Gasteiger partial charge in [0.15, 0.2) is 0 Å². The maximum absolute atomic E-state index is 12.8. The molecule has 1 aromatic carbocycles. The molecule has 23 heavy (non-hydrogen) atoms. The predicted octanol–water partition coefficient (Wildman–Crippen LogP) is 2.54. The van der Waals surface area contributed by atoms with E-state index >= 15 is 0 Å². The van der Waals surface area contributed by atoms with Crippen LogP contribution < -0.4 is 11.1 Å². The summed E-state index contributed by atoms with van der Waals surface area (Å²) in [5.74, 6) is -0.538. The monoisotopic (exact) mass is 334 g/mol. The first-order chi connectivity index (χ1) is 10.8. The van der Waals surface area contributed by atoms with Crippen molar-refractivity contribution in [3.63, 3.8) is 0 Å². The van der Waals surface area contributed by atoms with Gasteiger partial charge in [0.2, 0.25) is 0 Å². The van der Waals surface area contributed by atoms with Crippen LogP contribution in [-0.4, -0.2) is 31.8 Å². The Kier molecular flexibility index (Phi) is 7.47. The summed E-state index contributed by atoms with van der Waals surface area (Å²) >= 11 is 0. The molecule has 1 aromatic rings. The summed E-state index contributed by atoms with van der Waals surface area (Å²) in [6.45, 7) is 4.38. The zero-order valence-corrected chi connectivity index (χ0v) is 13.1. The fourth-order valence-corrected chi connectivity index (χ4v) is 1.79. The lowest BCUT2D eigenvalue weighted by atomic mass is 10.1. The molecule has 5 nitrogen and oxygen atoms in total. The fraction of sp³-hybridized carbons (Fsp3) is 0.533. The lowest BCUT2D eigenvalue weighted by molar-refractivity contribution is -0.137. The molecule has 3 N–H and O–H groups in total. The average molecular weight is 334 g/mol. The van der Waals surface area contributed by atoms with Gasteiger partial charge in [-0.15, -0.1) is 0 Å². The molecule has 0 heterocycles. The van der Waals surface area contributed by atoms with Crippen molar-refractivity contribution in [2.75, 3.05) is 25.1 Å². The highest BCUT2D eigenvalue weighted by Gasteiger charge is 2.31. The molecule has 1 atom stereocenters. The first kappa shape index (κ1) is 19.4. The average Bonchev–Trinajstić information content (AvgIpc) is 2.50. The van der Waals surface area contributed by atoms with Crippen LogP contribution in [0.3, 0.4) is 0 Å². The number of halogens is 3. The summed E-state index contributed by atoms with van der Waals surface area (Å²) in [6.07, 6.45) is -5.32. The number of nitrogens with two attached hydrogens (primary N) is 1. The van der Waals surface area contributed by atoms with Gasteiger partial charge < -0.3 is 20.5 Å². The molecular formula is C15H21F3N2O3. The van der Waals surface area contributed by atoms with Gasteiger partial charge in [-0.05, 0) is 37.6 Å². The SMILES string of the molecule is CCOCCOC(C)C(=O)Nc1cc(CN)cc(C(F)(F)F)c1. The Balaban J connectivity index is 2.73. The predicted molar refractivity (Wildman–Crippen MR) is 79.9 cm³/mol. The van der Waals surface area contributed by atoms with Gasteiger partial charge in [0.05, 0.1) is 18.8 Å². The largest absolute Gasteiger partial charge is 0.416 e. The molecule has 8 heteroatoms. The van der Waals surface area contributed by atoms with Crippen molar-refractivity contribution in [3.8, 4) is 0 Å². The van der Waals surface area contributed by atoms with Crippen LogP contribution in [0.2, 0.25) is 0 Å². The number of carbonyl (C=O) groups is 1. The van der Waals surface area contributed by atoms with E-state index < -0.39 is 23.8 Å². The molecular weight excluding hydrogens is 313 g/mol. The van der Waals surface area contributed by atoms with Crippen LogP contribution in [0.25, 0.3) is 0 Å². The minimum absolute atomic E-state index is 0.0329. The van der Waals surface area contributed by atoms with Crippen molar-refractivity contribution >= 4 is 11.6 Å². The van der Waals surface area contributed by atoms with Crippen molar-refractivity contribution in [2.24, 2.45) is 5.73 Å². The van der Waals surface area contributed by atoms with Gasteiger partial charge in [0, 0.05) is 18.8 Å². The van der Waals surface area contributed by atoms with Crippen molar-refractivity contribution in [2.45, 2.75) is 32.7 Å². The van der Waals surface area contributed by atoms with Crippen LogP contribution in [-0.2, 0) is 27.0 Å². The van der Waals surface area contributed by atoms with E-state index in [2.05, 4.69) is 5.32 Å². The highest BCUT2D eigenvalue weighted by Crippen LogP contribution is 2.32. The summed E-state index contributed by atoms with van der Waals surface area (Å²) in [6, 6.07) is 3.22. The summed E-state index contributed by atoms with van der Waals surface area (Å²) in [5, 5.41) is 2.41. The normalized spacial score (nSPS) is 13.0. The van der Waals surface area contributed by atoms with Crippen LogP contribution in [0, 0.1) is 0 Å². The van der Waals surface area contributed by atoms with E-state index in [4.69, 9.17) is 15.2 Å². The number of ether oxygens (including phenoxy) is 2. The number of carbonyl (C=O) groups excluding carboxylic acids is 1. The number of nitrogens with one attached hydrogen (secondary N) is 1. The summed E-state index contributed by atoms with van der Waals surface area (Å²) in [7, 11) is 0. The highest BCUT2D eigenvalue weighted by atomic mass is 19.4. The first-order valence-electron chi connectivity index (χ1n) is 7.19. The van der Waals surface area contributed by atoms with Gasteiger partial charge in [-0.2, -0.15) is 13.2 Å². The van der Waals surface area contributed by atoms with Crippen molar-refractivity contribution in [3.05, 3.63) is 29.3 Å². The Hall–Kier alpha value is -1.64. The third-order valence-corrected chi connectivity index (χ3v) is 2.99. The zero-order chi connectivity index (χ0) is 17.5. The van der Waals surface area contributed by atoms with E-state index in [1.807, 2.05) is 6.92 Å². The molecule has 0 fully saturated rings. The molecule has 0 saturated carbocycles. The standard InChI is InChI=1S/C15H21F3N2O3/c1-3-22-4-5-23-10(2)14(21)20-13-7-11(9-19)6-12(8-13)15(16,17)18/h6-8,10H,3-5,9,19H2,1-2H3,(H,20,21). The third kappa shape index (κ3) is 6.55. The van der Waals surface area contributed by atoms with E-state index in [0.29, 0.717) is 13.2 Å². The lowest BCUT2D eigenvalue weighted by Gasteiger charge is -2.15. The molecule has 1 rings (SSSR count). The Morgan fingerprint density at radius 3 is 2.57 bits per heavy atom. The molecule has 0 spiro atoms. The number of hydrogen-bond donors (Lipinski definition) is 2. The molecule has 0 aliphatic rings. The Morgan fingerprint density at radius 2 is 2.00 bits per heavy atom. The summed E-state index contributed by atoms with van der Waals surface area (Å²) in [5.41, 5.74) is 4.85. The van der Waals surface area contributed by atoms with E-state index in [1.54, 1.807) is 0 Å². The third-order valence-electron chi connectivity index (χ3n) is 2.99. The number of amides is 1. The van der Waals surface area contributed by atoms with Crippen molar-refractivity contribution in [1.29, 1.82) is 0 Å². The molecule has 130 valence electrons. The molecule has 0 aromatic heterocycles. The molecule has 1 amide bonds. The molecule has 1 unspecified atom stereocenters. The van der Waals surface area contributed by atoms with Crippen molar-refractivity contribution < 1.29 is 27.4 Å². The maximum Gasteiger partial charge on any atom is 0.416 e. The number of hydrogen-bond acceptors (Lipinski definition) is 4. The molecule has 0 saturated heterocycles. The second-order valence-corrected chi connectivity index (χ2v) is 4.82. The lowest BCUT2D eigenvalue weighted by Crippen LogP contribution is -2.29. The van der Waals surface area contributed by atoms with Gasteiger partial charge in [-0.25, -0.2) is 0 Å². The van der Waals surface area contributed by atoms with Gasteiger partial charge in [0.1, 0.15) is 6.10 Å². The van der Waals surface area contributed by atoms with Crippen LogP contribution in [0.1, 0.15) is 25.0 Å². The van der Waals surface area contributed by atoms with Crippen LogP contribution in [0.15, 0.2) is 18.2 Å². The molecule has 0 bridgehead atoms. The topological polar surface area (TPSA) is 73.6 Å². The van der Waals surface area contributed by atoms with E-state index in [0.717, 1.165) is 12.1 Å². The van der Waals surface area contributed by atoms with Gasteiger partial charge in [-0.3, -0.25) is 4.79 Å². The Labute approximate surface area is 132 Å². The van der Waals surface area contributed by atoms with Gasteiger partial charge in [-0.1, -0.05) is 0 Å². The minimum atomic E-state index is -4.51. The van der Waals surface area contributed by atoms with Gasteiger partial charge in [0.25, 0.3) is 5.91 Å². The smallest absolute Gasteiger partial charge is 0.379 e. The van der Waals surface area contributed by atoms with Crippen LogP contribution >= 0.6 is 0 Å². The zero-order valence-electron chi connectivity index (χ0n) is 13.1. The van der Waals surface area contributed by atoms with E-state index in [-0.39, 0.29) is 24.4 Å². The summed E-state index contributed by atoms with van der Waals surface area (Å²) in [4.78, 5) is 11.9. The maximum atomic E-state index is 12.8. The second kappa shape index (κ2) is 8.85. The number of rotatable bonds is 8. The van der Waals surface area contributed by atoms with E-state index in [1.165, 1.54) is 13.0 Å². The van der Waals surface area contributed by atoms with Crippen LogP contribution in [0.4, 0.5) is 18.9 Å². The first-order valence-corrected chi connectivity index (χ1v) is 7.19. The number of anilines is 1. The van der Waals surface area contributed by atoms with Gasteiger partial charge >= 0.3 is 6.18 Å². The Morgan fingerprint density at radius 1 is 1.30 bits per heavy atom. The molecule has 0 aliphatic heterocycles. The van der Waals surface area contributed by atoms with E-state index in [9.17, 15) is 18.0 Å². The second-order valence-electron chi connectivity index (χ2n) is 4.82. The van der Waals surface area contributed by atoms with Crippen LogP contribution in [0.5, 0.6) is 0 Å². The highest BCUT2D eigenvalue weighted by molar-refractivity contribution is 5.94. The summed E-state index contributed by atoms with van der Waals surface area (Å²) < 4.78 is 48.8. The quantitative estimate of drug-likeness (QED) is 0.717. The van der Waals surface area contributed by atoms with Crippen molar-refractivity contribution in [1.82, 2.24) is 0 Å². The fourth-order valence-electron chi connectivity index (χ4n) is 1.79. The molecule has 0 radical (unpaired) electrons. The molecule has 0 aliphatic carbocycles.